The van der Waals surface area contributed by atoms with Crippen LogP contribution in [-0.2, 0) is 0 Å². The summed E-state index contributed by atoms with van der Waals surface area (Å²) in [4.78, 5) is 6.67. The summed E-state index contributed by atoms with van der Waals surface area (Å²) in [6.45, 7) is 5.83. The molecule has 2 atom stereocenters. The standard InChI is InChI=1S/C17H23N5/c1-14-4-7-20-17(9-14)21-11-16-5-8-22(13-16)12-15(10-19)3-2-6-18/h4,7,9,15-16H,2-3,5,8,11-13H2,1H3,(H,20,21)/t15-,16-/m1/s1. The smallest absolute Gasteiger partial charge is 0.126 e. The van der Waals surface area contributed by atoms with Crippen LogP contribution in [0, 0.1) is 41.4 Å². The summed E-state index contributed by atoms with van der Waals surface area (Å²) in [6.07, 6.45) is 4.12. The fourth-order valence-electron chi connectivity index (χ4n) is 2.87. The molecule has 1 aromatic rings. The number of hydrogen-bond acceptors (Lipinski definition) is 5. The second-order valence-electron chi connectivity index (χ2n) is 6.04. The zero-order valence-corrected chi connectivity index (χ0v) is 13.1. The third-order valence-corrected chi connectivity index (χ3v) is 4.12. The molecule has 2 heterocycles. The number of nitrogens with zero attached hydrogens (tertiary/aromatic N) is 4. The van der Waals surface area contributed by atoms with Crippen LogP contribution in [0.25, 0.3) is 0 Å². The zero-order valence-electron chi connectivity index (χ0n) is 13.1. The van der Waals surface area contributed by atoms with E-state index in [1.807, 2.05) is 12.3 Å². The van der Waals surface area contributed by atoms with E-state index in [0.717, 1.165) is 38.4 Å². The molecule has 1 aromatic heterocycles. The largest absolute Gasteiger partial charge is 0.370 e. The summed E-state index contributed by atoms with van der Waals surface area (Å²) >= 11 is 0. The number of anilines is 1. The third kappa shape index (κ3) is 5.02. The Morgan fingerprint density at radius 3 is 3.09 bits per heavy atom. The average molecular weight is 297 g/mol. The van der Waals surface area contributed by atoms with Crippen LogP contribution in [0.4, 0.5) is 5.82 Å². The van der Waals surface area contributed by atoms with E-state index in [2.05, 4.69) is 40.3 Å². The van der Waals surface area contributed by atoms with Crippen LogP contribution >= 0.6 is 0 Å². The molecular formula is C17H23N5. The molecule has 1 aliphatic rings. The molecule has 116 valence electrons. The van der Waals surface area contributed by atoms with Crippen molar-refractivity contribution in [3.63, 3.8) is 0 Å². The van der Waals surface area contributed by atoms with Crippen molar-refractivity contribution in [2.75, 3.05) is 31.5 Å². The fourth-order valence-corrected chi connectivity index (χ4v) is 2.87. The maximum Gasteiger partial charge on any atom is 0.126 e. The first-order chi connectivity index (χ1) is 10.7. The predicted octanol–water partition coefficient (Wildman–Crippen LogP) is 2.57. The highest BCUT2D eigenvalue weighted by atomic mass is 15.2. The van der Waals surface area contributed by atoms with Gasteiger partial charge in [-0.3, -0.25) is 0 Å². The molecule has 0 radical (unpaired) electrons. The molecule has 22 heavy (non-hydrogen) atoms. The second-order valence-corrected chi connectivity index (χ2v) is 6.04. The summed E-state index contributed by atoms with van der Waals surface area (Å²) < 4.78 is 0. The summed E-state index contributed by atoms with van der Waals surface area (Å²) in [5.74, 6) is 1.50. The van der Waals surface area contributed by atoms with Gasteiger partial charge in [0.1, 0.15) is 5.82 Å². The molecule has 1 saturated heterocycles. The van der Waals surface area contributed by atoms with Gasteiger partial charge in [-0.2, -0.15) is 10.5 Å². The molecule has 0 aromatic carbocycles. The number of nitrogens with one attached hydrogen (secondary N) is 1. The van der Waals surface area contributed by atoms with Gasteiger partial charge in [0.2, 0.25) is 0 Å². The lowest BCUT2D eigenvalue weighted by Gasteiger charge is -2.19. The van der Waals surface area contributed by atoms with Crippen LogP contribution in [-0.4, -0.2) is 36.1 Å². The predicted molar refractivity (Wildman–Crippen MR) is 86.0 cm³/mol. The summed E-state index contributed by atoms with van der Waals surface area (Å²) in [5, 5.41) is 21.2. The molecule has 0 spiro atoms. The minimum absolute atomic E-state index is 0.0233. The molecular weight excluding hydrogens is 274 g/mol. The van der Waals surface area contributed by atoms with Gasteiger partial charge in [0.05, 0.1) is 18.1 Å². The Morgan fingerprint density at radius 1 is 1.50 bits per heavy atom. The van der Waals surface area contributed by atoms with E-state index >= 15 is 0 Å². The Balaban J connectivity index is 1.73. The Kier molecular flexibility index (Phi) is 6.18. The van der Waals surface area contributed by atoms with E-state index in [4.69, 9.17) is 10.5 Å². The van der Waals surface area contributed by atoms with E-state index in [1.54, 1.807) is 0 Å². The SMILES string of the molecule is Cc1ccnc(NC[C@H]2CCN(C[C@@H](C#N)CCC#N)C2)c1. The first kappa shape index (κ1) is 16.3. The van der Waals surface area contributed by atoms with Crippen LogP contribution in [0.1, 0.15) is 24.8 Å². The number of nitriles is 2. The van der Waals surface area contributed by atoms with Gasteiger partial charge in [0, 0.05) is 32.3 Å². The van der Waals surface area contributed by atoms with Gasteiger partial charge >= 0.3 is 0 Å². The average Bonchev–Trinajstić information content (AvgIpc) is 2.97. The molecule has 0 unspecified atom stereocenters. The normalized spacial score (nSPS) is 19.3. The Morgan fingerprint density at radius 2 is 2.36 bits per heavy atom. The van der Waals surface area contributed by atoms with Crippen molar-refractivity contribution in [1.82, 2.24) is 9.88 Å². The van der Waals surface area contributed by atoms with Gasteiger partial charge in [0.15, 0.2) is 0 Å². The summed E-state index contributed by atoms with van der Waals surface area (Å²) in [5.41, 5.74) is 1.21. The van der Waals surface area contributed by atoms with Gasteiger partial charge in [-0.25, -0.2) is 4.98 Å². The summed E-state index contributed by atoms with van der Waals surface area (Å²) in [6, 6.07) is 8.49. The van der Waals surface area contributed by atoms with E-state index < -0.39 is 0 Å². The van der Waals surface area contributed by atoms with Crippen LogP contribution in [0.2, 0.25) is 0 Å². The minimum Gasteiger partial charge on any atom is -0.370 e. The minimum atomic E-state index is -0.0233. The molecule has 5 heteroatoms. The molecule has 1 aliphatic heterocycles. The van der Waals surface area contributed by atoms with Gasteiger partial charge < -0.3 is 10.2 Å². The number of rotatable bonds is 7. The van der Waals surface area contributed by atoms with Crippen molar-refractivity contribution in [3.8, 4) is 12.1 Å². The van der Waals surface area contributed by atoms with Crippen LogP contribution in [0.3, 0.4) is 0 Å². The Labute approximate surface area is 132 Å². The third-order valence-electron chi connectivity index (χ3n) is 4.12. The molecule has 1 fully saturated rings. The van der Waals surface area contributed by atoms with Crippen LogP contribution < -0.4 is 5.32 Å². The van der Waals surface area contributed by atoms with E-state index in [-0.39, 0.29) is 5.92 Å². The number of aryl methyl sites for hydroxylation is 1. The first-order valence-electron chi connectivity index (χ1n) is 7.86. The van der Waals surface area contributed by atoms with E-state index in [1.165, 1.54) is 5.56 Å². The van der Waals surface area contributed by atoms with Crippen LogP contribution in [0.5, 0.6) is 0 Å². The van der Waals surface area contributed by atoms with Gasteiger partial charge in [0.25, 0.3) is 0 Å². The van der Waals surface area contributed by atoms with Crippen molar-refractivity contribution in [2.45, 2.75) is 26.2 Å². The molecule has 0 saturated carbocycles. The molecule has 2 rings (SSSR count). The van der Waals surface area contributed by atoms with Crippen LogP contribution in [0.15, 0.2) is 18.3 Å². The molecule has 1 N–H and O–H groups in total. The lowest BCUT2D eigenvalue weighted by Crippen LogP contribution is -2.28. The van der Waals surface area contributed by atoms with Gasteiger partial charge in [-0.05, 0) is 49.9 Å². The lowest BCUT2D eigenvalue weighted by molar-refractivity contribution is 0.290. The van der Waals surface area contributed by atoms with E-state index in [9.17, 15) is 0 Å². The quantitative estimate of drug-likeness (QED) is 0.837. The maximum atomic E-state index is 9.15. The molecule has 5 nitrogen and oxygen atoms in total. The highest BCUT2D eigenvalue weighted by Crippen LogP contribution is 2.19. The second kappa shape index (κ2) is 8.36. The highest BCUT2D eigenvalue weighted by molar-refractivity contribution is 5.36. The van der Waals surface area contributed by atoms with Crippen molar-refractivity contribution in [2.24, 2.45) is 11.8 Å². The highest BCUT2D eigenvalue weighted by Gasteiger charge is 2.24. The lowest BCUT2D eigenvalue weighted by atomic mass is 10.1. The monoisotopic (exact) mass is 297 g/mol. The Bertz CT molecular complexity index is 557. The van der Waals surface area contributed by atoms with Crippen molar-refractivity contribution in [3.05, 3.63) is 23.9 Å². The zero-order chi connectivity index (χ0) is 15.8. The van der Waals surface area contributed by atoms with E-state index in [0.29, 0.717) is 18.8 Å². The molecule has 0 bridgehead atoms. The van der Waals surface area contributed by atoms with Gasteiger partial charge in [-0.1, -0.05) is 0 Å². The fraction of sp³-hybridized carbons (Fsp3) is 0.588. The number of hydrogen-bond donors (Lipinski definition) is 1. The maximum absolute atomic E-state index is 9.15. The number of pyridine rings is 1. The molecule has 0 aliphatic carbocycles. The van der Waals surface area contributed by atoms with Gasteiger partial charge in [-0.15, -0.1) is 0 Å². The summed E-state index contributed by atoms with van der Waals surface area (Å²) in [7, 11) is 0. The Hall–Kier alpha value is -2.11. The molecule has 0 amide bonds. The number of likely N-dealkylation sites (tertiary alicyclic amines) is 1. The van der Waals surface area contributed by atoms with Crippen molar-refractivity contribution in [1.29, 1.82) is 10.5 Å². The number of aromatic nitrogens is 1. The van der Waals surface area contributed by atoms with Crippen molar-refractivity contribution < 1.29 is 0 Å². The topological polar surface area (TPSA) is 75.7 Å². The first-order valence-corrected chi connectivity index (χ1v) is 7.86. The van der Waals surface area contributed by atoms with Crippen molar-refractivity contribution >= 4 is 5.82 Å².